The van der Waals surface area contributed by atoms with Gasteiger partial charge in [-0.15, -0.1) is 11.3 Å². The van der Waals surface area contributed by atoms with Gasteiger partial charge < -0.3 is 5.11 Å². The Labute approximate surface area is 86.2 Å². The van der Waals surface area contributed by atoms with E-state index in [0.29, 0.717) is 0 Å². The molecule has 0 saturated heterocycles. The first-order chi connectivity index (χ1) is 6.18. The van der Waals surface area contributed by atoms with Gasteiger partial charge in [-0.2, -0.15) is 0 Å². The number of rotatable bonds is 5. The Morgan fingerprint density at radius 3 is 2.77 bits per heavy atom. The molecule has 0 fully saturated rings. The molecule has 0 bridgehead atoms. The molecule has 0 aliphatic heterocycles. The summed E-state index contributed by atoms with van der Waals surface area (Å²) in [6.07, 6.45) is 2.86. The molecule has 1 rings (SSSR count). The minimum absolute atomic E-state index is 0.263. The van der Waals surface area contributed by atoms with Crippen LogP contribution in [0.2, 0.25) is 4.34 Å². The van der Waals surface area contributed by atoms with Crippen molar-refractivity contribution < 1.29 is 9.90 Å². The average Bonchev–Trinajstić information content (AvgIpc) is 2.45. The molecular formula is C9H11ClO2S. The highest BCUT2D eigenvalue weighted by molar-refractivity contribution is 7.16. The van der Waals surface area contributed by atoms with E-state index >= 15 is 0 Å². The molecular weight excluding hydrogens is 208 g/mol. The summed E-state index contributed by atoms with van der Waals surface area (Å²) in [5, 5.41) is 8.40. The summed E-state index contributed by atoms with van der Waals surface area (Å²) in [6.45, 7) is 0. The lowest BCUT2D eigenvalue weighted by atomic mass is 10.2. The zero-order valence-electron chi connectivity index (χ0n) is 7.12. The Morgan fingerprint density at radius 2 is 2.23 bits per heavy atom. The molecule has 0 unspecified atom stereocenters. The molecule has 1 N–H and O–H groups in total. The lowest BCUT2D eigenvalue weighted by Gasteiger charge is -1.95. The normalized spacial score (nSPS) is 10.2. The van der Waals surface area contributed by atoms with Crippen molar-refractivity contribution in [2.24, 2.45) is 0 Å². The molecule has 0 aliphatic rings. The first kappa shape index (κ1) is 10.5. The first-order valence-electron chi connectivity index (χ1n) is 4.14. The molecule has 1 heterocycles. The van der Waals surface area contributed by atoms with Crippen molar-refractivity contribution in [2.75, 3.05) is 0 Å². The van der Waals surface area contributed by atoms with Crippen LogP contribution in [-0.2, 0) is 11.2 Å². The van der Waals surface area contributed by atoms with E-state index in [1.807, 2.05) is 12.1 Å². The van der Waals surface area contributed by atoms with Crippen LogP contribution in [0, 0.1) is 0 Å². The van der Waals surface area contributed by atoms with Crippen molar-refractivity contribution in [1.82, 2.24) is 0 Å². The quantitative estimate of drug-likeness (QED) is 0.771. The fourth-order valence-electron chi connectivity index (χ4n) is 1.06. The summed E-state index contributed by atoms with van der Waals surface area (Å²) in [5.41, 5.74) is 0. The molecule has 4 heteroatoms. The monoisotopic (exact) mass is 218 g/mol. The van der Waals surface area contributed by atoms with Crippen LogP contribution < -0.4 is 0 Å². The molecule has 0 saturated carbocycles. The van der Waals surface area contributed by atoms with Gasteiger partial charge in [0.25, 0.3) is 0 Å². The molecule has 1 aromatic rings. The molecule has 72 valence electrons. The lowest BCUT2D eigenvalue weighted by Crippen LogP contribution is -1.94. The van der Waals surface area contributed by atoms with Crippen LogP contribution in [-0.4, -0.2) is 11.1 Å². The number of aryl methyl sites for hydroxylation is 1. The second kappa shape index (κ2) is 5.25. The zero-order chi connectivity index (χ0) is 9.68. The van der Waals surface area contributed by atoms with Gasteiger partial charge in [0.15, 0.2) is 0 Å². The van der Waals surface area contributed by atoms with Gasteiger partial charge in [0.1, 0.15) is 0 Å². The van der Waals surface area contributed by atoms with Crippen molar-refractivity contribution in [3.63, 3.8) is 0 Å². The molecule has 0 radical (unpaired) electrons. The van der Waals surface area contributed by atoms with E-state index in [2.05, 4.69) is 0 Å². The van der Waals surface area contributed by atoms with Crippen molar-refractivity contribution in [3.05, 3.63) is 21.3 Å². The second-order valence-corrected chi connectivity index (χ2v) is 4.61. The first-order valence-corrected chi connectivity index (χ1v) is 5.34. The smallest absolute Gasteiger partial charge is 0.303 e. The van der Waals surface area contributed by atoms with E-state index in [4.69, 9.17) is 16.7 Å². The molecule has 1 aromatic heterocycles. The predicted octanol–water partition coefficient (Wildman–Crippen LogP) is 3.20. The molecule has 0 atom stereocenters. The number of hydrogen-bond acceptors (Lipinski definition) is 2. The Bertz CT molecular complexity index is 283. The van der Waals surface area contributed by atoms with E-state index in [0.717, 1.165) is 23.6 Å². The minimum atomic E-state index is -0.718. The maximum absolute atomic E-state index is 10.2. The SMILES string of the molecule is O=C(O)CCCCc1ccc(Cl)s1. The number of hydrogen-bond donors (Lipinski definition) is 1. The Kier molecular flexibility index (Phi) is 4.25. The fraction of sp³-hybridized carbons (Fsp3) is 0.444. The van der Waals surface area contributed by atoms with E-state index in [9.17, 15) is 4.79 Å². The maximum atomic E-state index is 10.2. The van der Waals surface area contributed by atoms with Gasteiger partial charge in [0.05, 0.1) is 4.34 Å². The average molecular weight is 219 g/mol. The fourth-order valence-corrected chi connectivity index (χ4v) is 2.19. The third kappa shape index (κ3) is 4.29. The largest absolute Gasteiger partial charge is 0.481 e. The van der Waals surface area contributed by atoms with Gasteiger partial charge >= 0.3 is 5.97 Å². The van der Waals surface area contributed by atoms with Crippen LogP contribution in [0.15, 0.2) is 12.1 Å². The summed E-state index contributed by atoms with van der Waals surface area (Å²) < 4.78 is 0.799. The highest BCUT2D eigenvalue weighted by atomic mass is 35.5. The Morgan fingerprint density at radius 1 is 1.46 bits per heavy atom. The Balaban J connectivity index is 2.16. The van der Waals surface area contributed by atoms with E-state index in [1.54, 1.807) is 11.3 Å². The molecule has 0 spiro atoms. The standard InChI is InChI=1S/C9H11ClO2S/c10-8-6-5-7(13-8)3-1-2-4-9(11)12/h5-6H,1-4H2,(H,11,12). The Hall–Kier alpha value is -0.540. The summed E-state index contributed by atoms with van der Waals surface area (Å²) in [6, 6.07) is 3.87. The van der Waals surface area contributed by atoms with Crippen LogP contribution in [0.3, 0.4) is 0 Å². The summed E-state index contributed by atoms with van der Waals surface area (Å²) >= 11 is 7.31. The zero-order valence-corrected chi connectivity index (χ0v) is 8.70. The molecule has 0 aliphatic carbocycles. The van der Waals surface area contributed by atoms with E-state index in [-0.39, 0.29) is 6.42 Å². The van der Waals surface area contributed by atoms with Crippen molar-refractivity contribution in [1.29, 1.82) is 0 Å². The van der Waals surface area contributed by atoms with Gasteiger partial charge in [-0.25, -0.2) is 0 Å². The summed E-state index contributed by atoms with van der Waals surface area (Å²) in [4.78, 5) is 11.4. The second-order valence-electron chi connectivity index (χ2n) is 2.81. The number of thiophene rings is 1. The summed E-state index contributed by atoms with van der Waals surface area (Å²) in [5.74, 6) is -0.718. The van der Waals surface area contributed by atoms with Gasteiger partial charge in [-0.1, -0.05) is 11.6 Å². The molecule has 0 aromatic carbocycles. The topological polar surface area (TPSA) is 37.3 Å². The third-order valence-electron chi connectivity index (χ3n) is 1.69. The van der Waals surface area contributed by atoms with Crippen molar-refractivity contribution in [3.8, 4) is 0 Å². The van der Waals surface area contributed by atoms with Gasteiger partial charge in [-0.3, -0.25) is 4.79 Å². The van der Waals surface area contributed by atoms with Gasteiger partial charge in [0, 0.05) is 11.3 Å². The van der Waals surface area contributed by atoms with Gasteiger partial charge in [0.2, 0.25) is 0 Å². The van der Waals surface area contributed by atoms with Crippen LogP contribution in [0.1, 0.15) is 24.1 Å². The number of carboxylic acid groups (broad SMARTS) is 1. The van der Waals surface area contributed by atoms with Gasteiger partial charge in [-0.05, 0) is 31.4 Å². The van der Waals surface area contributed by atoms with Crippen LogP contribution in [0.5, 0.6) is 0 Å². The number of unbranched alkanes of at least 4 members (excludes halogenated alkanes) is 1. The van der Waals surface area contributed by atoms with E-state index in [1.165, 1.54) is 4.88 Å². The van der Waals surface area contributed by atoms with Crippen molar-refractivity contribution in [2.45, 2.75) is 25.7 Å². The van der Waals surface area contributed by atoms with Crippen LogP contribution in [0.4, 0.5) is 0 Å². The highest BCUT2D eigenvalue weighted by Gasteiger charge is 1.99. The third-order valence-corrected chi connectivity index (χ3v) is 2.98. The van der Waals surface area contributed by atoms with Crippen LogP contribution >= 0.6 is 22.9 Å². The number of aliphatic carboxylic acids is 1. The summed E-state index contributed by atoms with van der Waals surface area (Å²) in [7, 11) is 0. The lowest BCUT2D eigenvalue weighted by molar-refractivity contribution is -0.137. The number of carbonyl (C=O) groups is 1. The van der Waals surface area contributed by atoms with Crippen molar-refractivity contribution >= 4 is 28.9 Å². The predicted molar refractivity (Wildman–Crippen MR) is 54.5 cm³/mol. The molecule has 0 amide bonds. The van der Waals surface area contributed by atoms with Crippen LogP contribution in [0.25, 0.3) is 0 Å². The molecule has 13 heavy (non-hydrogen) atoms. The molecule has 2 nitrogen and oxygen atoms in total. The number of halogens is 1. The highest BCUT2D eigenvalue weighted by Crippen LogP contribution is 2.22. The maximum Gasteiger partial charge on any atom is 0.303 e. The minimum Gasteiger partial charge on any atom is -0.481 e. The van der Waals surface area contributed by atoms with E-state index < -0.39 is 5.97 Å². The number of carboxylic acids is 1.